The summed E-state index contributed by atoms with van der Waals surface area (Å²) in [6.07, 6.45) is 33.8. The van der Waals surface area contributed by atoms with Crippen LogP contribution in [0.5, 0.6) is 0 Å². The number of hydrogen-bond donors (Lipinski definition) is 0. The minimum Gasteiger partial charge on any atom is -0.463 e. The van der Waals surface area contributed by atoms with Gasteiger partial charge in [0.2, 0.25) is 5.79 Å². The first-order chi connectivity index (χ1) is 29.6. The smallest absolute Gasteiger partial charge is 0.305 e. The average molecular weight is 864 g/mol. The van der Waals surface area contributed by atoms with Gasteiger partial charge in [-0.1, -0.05) is 180 Å². The van der Waals surface area contributed by atoms with Crippen molar-refractivity contribution in [3.63, 3.8) is 0 Å². The van der Waals surface area contributed by atoms with Crippen LogP contribution in [-0.4, -0.2) is 110 Å². The highest BCUT2D eigenvalue weighted by molar-refractivity contribution is 5.83. The van der Waals surface area contributed by atoms with Crippen molar-refractivity contribution in [2.45, 2.75) is 264 Å². The molecule has 0 aliphatic carbocycles. The summed E-state index contributed by atoms with van der Waals surface area (Å²) < 4.78 is 37.4. The van der Waals surface area contributed by atoms with Crippen LogP contribution in [0, 0.1) is 0 Å². The number of fused-ring (bicyclic) bond motifs is 3. The van der Waals surface area contributed by atoms with E-state index in [1.165, 1.54) is 167 Å². The first-order valence-corrected chi connectivity index (χ1v) is 25.7. The van der Waals surface area contributed by atoms with Crippen LogP contribution >= 0.6 is 0 Å². The zero-order chi connectivity index (χ0) is 43.6. The van der Waals surface area contributed by atoms with Crippen molar-refractivity contribution in [3.8, 4) is 0 Å². The molecule has 356 valence electrons. The monoisotopic (exact) mass is 864 g/mol. The average Bonchev–Trinajstić information content (AvgIpc) is 3.92. The van der Waals surface area contributed by atoms with Crippen molar-refractivity contribution < 1.29 is 38.1 Å². The fourth-order valence-corrected chi connectivity index (χ4v) is 9.52. The van der Waals surface area contributed by atoms with Gasteiger partial charge in [0.1, 0.15) is 31.0 Å². The molecule has 4 rings (SSSR count). The fourth-order valence-electron chi connectivity index (χ4n) is 9.52. The Kier molecular flexibility index (Phi) is 25.7. The van der Waals surface area contributed by atoms with E-state index in [1.807, 2.05) is 27.7 Å². The van der Waals surface area contributed by atoms with E-state index in [9.17, 15) is 4.79 Å². The number of rotatable bonds is 36. The minimum absolute atomic E-state index is 0.0779. The molecule has 0 aromatic rings. The first kappa shape index (κ1) is 52.3. The van der Waals surface area contributed by atoms with Gasteiger partial charge in [0.15, 0.2) is 18.7 Å². The lowest BCUT2D eigenvalue weighted by atomic mass is 9.99. The largest absolute Gasteiger partial charge is 0.463 e. The second-order valence-corrected chi connectivity index (χ2v) is 19.6. The lowest BCUT2D eigenvalue weighted by molar-refractivity contribution is -0.252. The van der Waals surface area contributed by atoms with Crippen LogP contribution in [0.25, 0.3) is 0 Å². The van der Waals surface area contributed by atoms with E-state index in [4.69, 9.17) is 33.3 Å². The maximum atomic E-state index is 12.7. The highest BCUT2D eigenvalue weighted by Crippen LogP contribution is 2.44. The van der Waals surface area contributed by atoms with Crippen LogP contribution < -0.4 is 0 Å². The van der Waals surface area contributed by atoms with E-state index in [-0.39, 0.29) is 19.2 Å². The molecular formula is C50H93N3O8. The van der Waals surface area contributed by atoms with Gasteiger partial charge in [-0.3, -0.25) is 14.6 Å². The molecule has 4 aliphatic heterocycles. The number of carbonyl (C=O) groups excluding carboxylic acids is 1. The molecule has 0 saturated carbocycles. The lowest BCUT2D eigenvalue weighted by Gasteiger charge is -2.36. The molecule has 0 radical (unpaired) electrons. The summed E-state index contributed by atoms with van der Waals surface area (Å²) in [5.41, 5.74) is 0.920. The molecule has 4 aliphatic rings. The van der Waals surface area contributed by atoms with Crippen LogP contribution in [0.3, 0.4) is 0 Å². The normalized spacial score (nSPS) is 26.5. The number of nitrogens with zero attached hydrogens (tertiary/aromatic N) is 3. The molecular weight excluding hydrogens is 771 g/mol. The van der Waals surface area contributed by atoms with Crippen LogP contribution in [-0.2, 0) is 38.1 Å². The van der Waals surface area contributed by atoms with E-state index >= 15 is 0 Å². The van der Waals surface area contributed by atoms with Crippen molar-refractivity contribution in [3.05, 3.63) is 0 Å². The Hall–Kier alpha value is -1.34. The number of hydrogen-bond acceptors (Lipinski definition) is 11. The zero-order valence-corrected chi connectivity index (χ0v) is 40.2. The molecule has 0 aromatic carbocycles. The maximum Gasteiger partial charge on any atom is 0.305 e. The van der Waals surface area contributed by atoms with E-state index in [2.05, 4.69) is 28.8 Å². The Morgan fingerprint density at radius 1 is 0.607 bits per heavy atom. The molecule has 11 heteroatoms. The van der Waals surface area contributed by atoms with Crippen molar-refractivity contribution in [1.29, 1.82) is 0 Å². The standard InChI is InChI=1S/C50H93N3O8/c1-7-9-11-13-15-17-19-21-23-25-27-29-31-33-35-52-36-37-53(41-52)38-42(3)51-56-40-50(6)60-47-46-45(58-49(4,5)59-46)43(57-48(47)61-50)39-55-44(54)34-32-30-28-26-24-22-20-18-16-14-12-10-8-2/h43,45-48H,7-41H2,1-6H3/b51-42+/t43-,45+,46+,47-,48+,50?/m0/s1. The van der Waals surface area contributed by atoms with Crippen molar-refractivity contribution in [2.75, 3.05) is 46.1 Å². The Bertz CT molecular complexity index is 1190. The number of esters is 1. The van der Waals surface area contributed by atoms with Crippen LogP contribution in [0.4, 0.5) is 0 Å². The highest BCUT2D eigenvalue weighted by atomic mass is 16.9. The van der Waals surface area contributed by atoms with E-state index < -0.39 is 42.3 Å². The van der Waals surface area contributed by atoms with Gasteiger partial charge in [-0.25, -0.2) is 0 Å². The number of oxime groups is 1. The summed E-state index contributed by atoms with van der Waals surface area (Å²) in [5, 5.41) is 4.44. The van der Waals surface area contributed by atoms with Crippen LogP contribution in [0.15, 0.2) is 5.16 Å². The first-order valence-electron chi connectivity index (χ1n) is 25.7. The quantitative estimate of drug-likeness (QED) is 0.0262. The molecule has 4 saturated heterocycles. The van der Waals surface area contributed by atoms with Crippen LogP contribution in [0.2, 0.25) is 0 Å². The molecule has 4 fully saturated rings. The predicted octanol–water partition coefficient (Wildman–Crippen LogP) is 11.8. The molecule has 6 atom stereocenters. The second kappa shape index (κ2) is 30.0. The zero-order valence-electron chi connectivity index (χ0n) is 40.2. The topological polar surface area (TPSA) is 101 Å². The van der Waals surface area contributed by atoms with Gasteiger partial charge in [0.25, 0.3) is 0 Å². The van der Waals surface area contributed by atoms with Crippen molar-refractivity contribution >= 4 is 11.7 Å². The molecule has 0 amide bonds. The van der Waals surface area contributed by atoms with E-state index in [0.29, 0.717) is 6.42 Å². The fraction of sp³-hybridized carbons (Fsp3) is 0.960. The van der Waals surface area contributed by atoms with Gasteiger partial charge < -0.3 is 33.3 Å². The molecule has 0 N–H and O–H groups in total. The SMILES string of the molecule is CCCCCCCCCCCCCCCCN1CCN(C/C(C)=N/OCC2(C)O[C@H]3O[C@@H](COC(=O)CCCCCCCCCCCCCCC)[C@H]4OC(C)(C)O[C@H]4[C@@H]3O2)C1. The van der Waals surface area contributed by atoms with E-state index in [1.54, 1.807) is 0 Å². The van der Waals surface area contributed by atoms with Gasteiger partial charge >= 0.3 is 5.97 Å². The number of unbranched alkanes of at least 4 members (excludes halogenated alkanes) is 25. The molecule has 11 nitrogen and oxygen atoms in total. The van der Waals surface area contributed by atoms with Crippen LogP contribution in [0.1, 0.15) is 221 Å². The molecule has 0 spiro atoms. The van der Waals surface area contributed by atoms with Gasteiger partial charge in [0, 0.05) is 26.1 Å². The summed E-state index contributed by atoms with van der Waals surface area (Å²) in [4.78, 5) is 23.6. The number of carbonyl (C=O) groups is 1. The third-order valence-electron chi connectivity index (χ3n) is 13.0. The summed E-state index contributed by atoms with van der Waals surface area (Å²) in [5.74, 6) is -2.12. The Balaban J connectivity index is 1.05. The van der Waals surface area contributed by atoms with Gasteiger partial charge in [-0.05, 0) is 47.1 Å². The molecule has 4 heterocycles. The summed E-state index contributed by atoms with van der Waals surface area (Å²) >= 11 is 0. The Morgan fingerprint density at radius 3 is 1.66 bits per heavy atom. The summed E-state index contributed by atoms with van der Waals surface area (Å²) in [6, 6.07) is 0. The van der Waals surface area contributed by atoms with E-state index in [0.717, 1.165) is 44.9 Å². The molecule has 61 heavy (non-hydrogen) atoms. The molecule has 1 unspecified atom stereocenters. The third-order valence-corrected chi connectivity index (χ3v) is 13.0. The Morgan fingerprint density at radius 2 is 1.10 bits per heavy atom. The molecule has 0 bridgehead atoms. The minimum atomic E-state index is -1.09. The predicted molar refractivity (Wildman–Crippen MR) is 246 cm³/mol. The highest BCUT2D eigenvalue weighted by Gasteiger charge is 2.62. The summed E-state index contributed by atoms with van der Waals surface area (Å²) in [7, 11) is 0. The third kappa shape index (κ3) is 21.0. The van der Waals surface area contributed by atoms with Gasteiger partial charge in [-0.15, -0.1) is 0 Å². The summed E-state index contributed by atoms with van der Waals surface area (Å²) in [6.45, 7) is 17.4. The van der Waals surface area contributed by atoms with Crippen molar-refractivity contribution in [2.24, 2.45) is 5.16 Å². The van der Waals surface area contributed by atoms with Crippen molar-refractivity contribution in [1.82, 2.24) is 9.80 Å². The number of ether oxygens (including phenoxy) is 6. The van der Waals surface area contributed by atoms with Gasteiger partial charge in [0.05, 0.1) is 12.4 Å². The molecule has 0 aromatic heterocycles. The maximum absolute atomic E-state index is 12.7. The van der Waals surface area contributed by atoms with Gasteiger partial charge in [-0.2, -0.15) is 0 Å². The second-order valence-electron chi connectivity index (χ2n) is 19.6. The Labute approximate surface area is 373 Å². The lowest BCUT2D eigenvalue weighted by Crippen LogP contribution is -2.56.